The zero-order valence-corrected chi connectivity index (χ0v) is 50.8. The predicted molar refractivity (Wildman–Crippen MR) is 340 cm³/mol. The quantitative estimate of drug-likeness (QED) is 0.126. The molecule has 0 aliphatic carbocycles. The smallest absolute Gasteiger partial charge is 0.410 e. The Bertz CT molecular complexity index is 4150. The number of nitrogens with one attached hydrogen (secondary N) is 2. The maximum absolute atomic E-state index is 12.4. The molecule has 3 saturated heterocycles. The number of hydrogen-bond acceptors (Lipinski definition) is 15. The lowest BCUT2D eigenvalue weighted by Crippen LogP contribution is -2.44. The number of piperidine rings is 3. The topological polar surface area (TPSA) is 223 Å². The summed E-state index contributed by atoms with van der Waals surface area (Å²) in [5, 5.41) is 6.94. The first-order chi connectivity index (χ1) is 41.9. The van der Waals surface area contributed by atoms with Crippen LogP contribution < -0.4 is 16.4 Å². The number of hydrogen-bond donors (Lipinski definition) is 3. The molecule has 8 heterocycles. The first kappa shape index (κ1) is 58.2. The summed E-state index contributed by atoms with van der Waals surface area (Å²) in [6.45, 7) is 20.3. The number of ether oxygens (including phenoxy) is 2. The highest BCUT2D eigenvalue weighted by Crippen LogP contribution is 2.35. The molecule has 0 unspecified atom stereocenters. The number of aryl methyl sites for hydroxylation is 2. The normalized spacial score (nSPS) is 15.6. The first-order valence-electron chi connectivity index (χ1n) is 30.2. The van der Waals surface area contributed by atoms with E-state index in [9.17, 15) is 9.59 Å². The Morgan fingerprint density at radius 1 is 0.506 bits per heavy atom. The number of oxazole rings is 3. The molecule has 4 N–H and O–H groups in total. The number of likely N-dealkylation sites (tertiary alicyclic amines) is 2. The summed E-state index contributed by atoms with van der Waals surface area (Å²) < 4.78 is 33.3. The van der Waals surface area contributed by atoms with E-state index in [1.165, 1.54) is 5.52 Å². The SMILES string of the molecule is CC(C)(C)OC(=O)N1CCC(Nc2ccc(-c3nc4ccccc4o3)cc2N)CC1.Cc1nc2cc(-c3nc4ccccc4o3)ccc2n1C1CCN(C(=O)OC(C)(C)C)CC1.Cc1nc2cc(-c3nc4ccccc4o3)ccc2n1C1CCNCC1. The molecule has 450 valence electrons. The second-order valence-electron chi connectivity index (χ2n) is 24.8. The van der Waals surface area contributed by atoms with Gasteiger partial charge >= 0.3 is 12.2 Å². The number of nitrogen functional groups attached to an aromatic ring is 1. The molecular formula is C68H76N12O7. The molecule has 11 aromatic rings. The number of benzene rings is 6. The van der Waals surface area contributed by atoms with Gasteiger partial charge in [-0.25, -0.2) is 34.5 Å². The number of para-hydroxylation sites is 6. The van der Waals surface area contributed by atoms with Gasteiger partial charge in [-0.3, -0.25) is 0 Å². The molecule has 87 heavy (non-hydrogen) atoms. The van der Waals surface area contributed by atoms with Gasteiger partial charge in [-0.2, -0.15) is 0 Å². The van der Waals surface area contributed by atoms with Crippen LogP contribution in [0.5, 0.6) is 0 Å². The van der Waals surface area contributed by atoms with E-state index in [0.29, 0.717) is 61.6 Å². The summed E-state index contributed by atoms with van der Waals surface area (Å²) in [6.07, 6.45) is 5.25. The van der Waals surface area contributed by atoms with Crippen molar-refractivity contribution in [3.05, 3.63) is 139 Å². The average molecular weight is 1170 g/mol. The van der Waals surface area contributed by atoms with Crippen LogP contribution in [0.25, 0.3) is 89.7 Å². The average Bonchev–Trinajstić information content (AvgIpc) is 2.68. The number of anilines is 2. The maximum Gasteiger partial charge on any atom is 0.410 e. The Balaban J connectivity index is 0.000000128. The number of amides is 2. The molecule has 19 heteroatoms. The molecule has 5 aromatic heterocycles. The number of nitrogens with two attached hydrogens (primary N) is 1. The summed E-state index contributed by atoms with van der Waals surface area (Å²) in [7, 11) is 0. The van der Waals surface area contributed by atoms with Gasteiger partial charge < -0.3 is 58.0 Å². The van der Waals surface area contributed by atoms with Crippen molar-refractivity contribution in [3.63, 3.8) is 0 Å². The zero-order chi connectivity index (χ0) is 60.6. The molecule has 14 rings (SSSR count). The van der Waals surface area contributed by atoms with Crippen molar-refractivity contribution < 1.29 is 32.3 Å². The van der Waals surface area contributed by atoms with Gasteiger partial charge in [0.1, 0.15) is 39.4 Å². The van der Waals surface area contributed by atoms with Crippen LogP contribution in [0.2, 0.25) is 0 Å². The molecule has 6 aromatic carbocycles. The largest absolute Gasteiger partial charge is 0.444 e. The van der Waals surface area contributed by atoms with E-state index >= 15 is 0 Å². The lowest BCUT2D eigenvalue weighted by molar-refractivity contribution is 0.0185. The number of carbonyl (C=O) groups excluding carboxylic acids is 2. The minimum Gasteiger partial charge on any atom is -0.444 e. The highest BCUT2D eigenvalue weighted by molar-refractivity contribution is 5.85. The molecule has 3 aliphatic rings. The molecule has 3 aliphatic heterocycles. The number of carbonyl (C=O) groups is 2. The Morgan fingerprint density at radius 2 is 0.897 bits per heavy atom. The van der Waals surface area contributed by atoms with Gasteiger partial charge in [-0.15, -0.1) is 0 Å². The summed E-state index contributed by atoms with van der Waals surface area (Å²) in [4.78, 5) is 51.5. The van der Waals surface area contributed by atoms with E-state index < -0.39 is 11.2 Å². The fourth-order valence-electron chi connectivity index (χ4n) is 11.9. The van der Waals surface area contributed by atoms with Crippen LogP contribution in [-0.2, 0) is 9.47 Å². The minimum atomic E-state index is -0.475. The van der Waals surface area contributed by atoms with Gasteiger partial charge in [0, 0.05) is 61.0 Å². The molecule has 3 fully saturated rings. The number of fused-ring (bicyclic) bond motifs is 5. The van der Waals surface area contributed by atoms with Crippen molar-refractivity contribution in [1.29, 1.82) is 0 Å². The molecule has 0 radical (unpaired) electrons. The Labute approximate surface area is 505 Å². The lowest BCUT2D eigenvalue weighted by Gasteiger charge is -2.34. The number of nitrogens with zero attached hydrogens (tertiary/aromatic N) is 9. The Morgan fingerprint density at radius 3 is 1.31 bits per heavy atom. The fourth-order valence-corrected chi connectivity index (χ4v) is 11.9. The zero-order valence-electron chi connectivity index (χ0n) is 50.8. The van der Waals surface area contributed by atoms with Crippen molar-refractivity contribution in [2.75, 3.05) is 50.3 Å². The van der Waals surface area contributed by atoms with Gasteiger partial charge in [-0.1, -0.05) is 36.4 Å². The van der Waals surface area contributed by atoms with E-state index in [-0.39, 0.29) is 18.2 Å². The van der Waals surface area contributed by atoms with Crippen LogP contribution in [0.15, 0.2) is 141 Å². The lowest BCUT2D eigenvalue weighted by atomic mass is 10.0. The summed E-state index contributed by atoms with van der Waals surface area (Å²) in [5.74, 6) is 3.87. The van der Waals surface area contributed by atoms with Crippen molar-refractivity contribution in [1.82, 2.24) is 49.2 Å². The molecule has 19 nitrogen and oxygen atoms in total. The van der Waals surface area contributed by atoms with Crippen LogP contribution >= 0.6 is 0 Å². The highest BCUT2D eigenvalue weighted by Gasteiger charge is 2.31. The summed E-state index contributed by atoms with van der Waals surface area (Å²) >= 11 is 0. The minimum absolute atomic E-state index is 0.230. The van der Waals surface area contributed by atoms with Gasteiger partial charge in [0.15, 0.2) is 16.7 Å². The maximum atomic E-state index is 12.4. The van der Waals surface area contributed by atoms with Crippen LogP contribution in [0.4, 0.5) is 21.0 Å². The van der Waals surface area contributed by atoms with Crippen molar-refractivity contribution in [3.8, 4) is 34.4 Å². The van der Waals surface area contributed by atoms with E-state index in [1.807, 2.05) is 156 Å². The number of rotatable bonds is 7. The van der Waals surface area contributed by atoms with Crippen LogP contribution in [0, 0.1) is 13.8 Å². The van der Waals surface area contributed by atoms with Crippen LogP contribution in [0.3, 0.4) is 0 Å². The number of imidazole rings is 2. The van der Waals surface area contributed by atoms with E-state index in [4.69, 9.17) is 38.4 Å². The van der Waals surface area contributed by atoms with Crippen molar-refractivity contribution >= 4 is 78.9 Å². The third-order valence-electron chi connectivity index (χ3n) is 16.1. The van der Waals surface area contributed by atoms with Crippen molar-refractivity contribution in [2.45, 2.75) is 123 Å². The number of aromatic nitrogens is 7. The van der Waals surface area contributed by atoms with Crippen LogP contribution in [0.1, 0.15) is 104 Å². The van der Waals surface area contributed by atoms with Gasteiger partial charge in [0.25, 0.3) is 0 Å². The Hall–Kier alpha value is -9.23. The predicted octanol–water partition coefficient (Wildman–Crippen LogP) is 14.7. The van der Waals surface area contributed by atoms with Gasteiger partial charge in [0.05, 0.1) is 33.4 Å². The Kier molecular flexibility index (Phi) is 16.2. The third kappa shape index (κ3) is 13.1. The third-order valence-corrected chi connectivity index (χ3v) is 16.1. The monoisotopic (exact) mass is 1170 g/mol. The highest BCUT2D eigenvalue weighted by atomic mass is 16.6. The standard InChI is InChI=1S/C25H28N4O3.C23H28N4O3.C20H20N4O/c1-16-26-20-15-17(23-27-19-7-5-6-8-22(19)31-23)9-10-21(20)29(16)18-11-13-28(14-12-18)24(30)32-25(2,3)4;1-23(2,3)30-22(28)27-12-10-16(11-13-27)25-18-9-8-15(14-17(18)24)21-26-19-6-4-5-7-20(19)29-21;1-13-22-17-12-14(20-23-16-4-2-3-5-19(16)25-20)6-7-18(17)24(13)15-8-10-21-11-9-15/h5-10,15,18H,11-14H2,1-4H3;4-9,14,16,25H,10-13,24H2,1-3H3;2-7,12,15,21H,8-11H2,1H3. The molecule has 0 bridgehead atoms. The fraction of sp³-hybridized carbons (Fsp3) is 0.368. The van der Waals surface area contributed by atoms with Crippen molar-refractivity contribution in [2.24, 2.45) is 0 Å². The van der Waals surface area contributed by atoms with E-state index in [0.717, 1.165) is 135 Å². The summed E-state index contributed by atoms with van der Waals surface area (Å²) in [6, 6.07) is 42.7. The second-order valence-corrected chi connectivity index (χ2v) is 24.8. The van der Waals surface area contributed by atoms with E-state index in [1.54, 1.807) is 4.90 Å². The molecule has 0 spiro atoms. The summed E-state index contributed by atoms with van der Waals surface area (Å²) in [5.41, 5.74) is 18.7. The molecular weight excluding hydrogens is 1100 g/mol. The second kappa shape index (κ2) is 24.3. The first-order valence-corrected chi connectivity index (χ1v) is 30.2. The molecule has 0 atom stereocenters. The van der Waals surface area contributed by atoms with E-state index in [2.05, 4.69) is 65.9 Å². The molecule has 2 amide bonds. The van der Waals surface area contributed by atoms with Gasteiger partial charge in [-0.05, 0) is 198 Å². The molecule has 0 saturated carbocycles. The van der Waals surface area contributed by atoms with Gasteiger partial charge in [0.2, 0.25) is 17.7 Å². The van der Waals surface area contributed by atoms with Crippen LogP contribution in [-0.4, -0.2) is 113 Å².